The lowest BCUT2D eigenvalue weighted by Crippen LogP contribution is -2.25. The third-order valence-electron chi connectivity index (χ3n) is 2.19. The molecule has 1 aromatic rings. The summed E-state index contributed by atoms with van der Waals surface area (Å²) in [5.74, 6) is 0.388. The van der Waals surface area contributed by atoms with E-state index in [0.29, 0.717) is 0 Å². The number of carbonyl (C=O) groups is 1. The lowest BCUT2D eigenvalue weighted by Gasteiger charge is -2.14. The molecule has 15 heavy (non-hydrogen) atoms. The molecule has 0 aromatic heterocycles. The molecule has 0 spiro atoms. The monoisotopic (exact) mass is 208 g/mol. The fraction of sp³-hybridized carbons (Fsp3) is 0.417. The van der Waals surface area contributed by atoms with E-state index >= 15 is 0 Å². The molecule has 3 heteroatoms. The van der Waals surface area contributed by atoms with Gasteiger partial charge >= 0.3 is 5.97 Å². The normalized spacial score (nSPS) is 11.9. The summed E-state index contributed by atoms with van der Waals surface area (Å²) in [4.78, 5) is 11.2. The first-order valence-electron chi connectivity index (χ1n) is 5.01. The molecule has 0 aliphatic carbocycles. The Morgan fingerprint density at radius 2 is 2.07 bits per heavy atom. The Labute approximate surface area is 90.0 Å². The van der Waals surface area contributed by atoms with Crippen molar-refractivity contribution < 1.29 is 14.3 Å². The predicted molar refractivity (Wildman–Crippen MR) is 57.9 cm³/mol. The van der Waals surface area contributed by atoms with Crippen molar-refractivity contribution in [2.24, 2.45) is 0 Å². The first kappa shape index (κ1) is 11.6. The molecule has 0 saturated carbocycles. The number of para-hydroxylation sites is 1. The Morgan fingerprint density at radius 3 is 2.67 bits per heavy atom. The zero-order valence-corrected chi connectivity index (χ0v) is 9.32. The van der Waals surface area contributed by atoms with Crippen LogP contribution in [-0.2, 0) is 16.0 Å². The van der Waals surface area contributed by atoms with Gasteiger partial charge in [0, 0.05) is 0 Å². The van der Waals surface area contributed by atoms with Gasteiger partial charge in [0.25, 0.3) is 0 Å². The third kappa shape index (κ3) is 2.98. The smallest absolute Gasteiger partial charge is 0.346 e. The molecule has 1 atom stereocenters. The lowest BCUT2D eigenvalue weighted by atomic mass is 10.1. The Hall–Kier alpha value is -1.51. The average Bonchev–Trinajstić information content (AvgIpc) is 2.28. The summed E-state index contributed by atoms with van der Waals surface area (Å²) in [5, 5.41) is 0. The van der Waals surface area contributed by atoms with E-state index in [1.165, 1.54) is 7.11 Å². The van der Waals surface area contributed by atoms with E-state index in [1.54, 1.807) is 6.92 Å². The van der Waals surface area contributed by atoms with Crippen molar-refractivity contribution in [2.75, 3.05) is 7.11 Å². The second-order valence-corrected chi connectivity index (χ2v) is 3.24. The molecule has 0 amide bonds. The molecule has 0 aliphatic rings. The van der Waals surface area contributed by atoms with Crippen molar-refractivity contribution in [3.63, 3.8) is 0 Å². The molecule has 0 fully saturated rings. The van der Waals surface area contributed by atoms with Crippen molar-refractivity contribution in [1.82, 2.24) is 0 Å². The highest BCUT2D eigenvalue weighted by Crippen LogP contribution is 2.19. The summed E-state index contributed by atoms with van der Waals surface area (Å²) in [7, 11) is 1.36. The fourth-order valence-corrected chi connectivity index (χ4v) is 1.32. The maximum absolute atomic E-state index is 11.2. The molecule has 0 aliphatic heterocycles. The van der Waals surface area contributed by atoms with Crippen LogP contribution in [0.1, 0.15) is 19.4 Å². The molecule has 1 rings (SSSR count). The molecule has 0 bridgehead atoms. The summed E-state index contributed by atoms with van der Waals surface area (Å²) in [6.45, 7) is 3.73. The number of methoxy groups -OCH3 is 1. The topological polar surface area (TPSA) is 35.5 Å². The zero-order chi connectivity index (χ0) is 11.3. The molecule has 0 N–H and O–H groups in total. The van der Waals surface area contributed by atoms with Crippen LogP contribution in [0.2, 0.25) is 0 Å². The summed E-state index contributed by atoms with van der Waals surface area (Å²) in [6.07, 6.45) is 0.312. The van der Waals surface area contributed by atoms with Crippen LogP contribution in [-0.4, -0.2) is 19.2 Å². The van der Waals surface area contributed by atoms with E-state index in [-0.39, 0.29) is 5.97 Å². The van der Waals surface area contributed by atoms with Gasteiger partial charge in [-0.2, -0.15) is 0 Å². The molecule has 0 heterocycles. The number of benzene rings is 1. The summed E-state index contributed by atoms with van der Waals surface area (Å²) in [6, 6.07) is 7.69. The Morgan fingerprint density at radius 1 is 1.40 bits per heavy atom. The van der Waals surface area contributed by atoms with Crippen LogP contribution in [0.25, 0.3) is 0 Å². The van der Waals surface area contributed by atoms with Crippen LogP contribution >= 0.6 is 0 Å². The number of esters is 1. The van der Waals surface area contributed by atoms with Gasteiger partial charge in [-0.05, 0) is 25.0 Å². The molecule has 82 valence electrons. The van der Waals surface area contributed by atoms with Crippen molar-refractivity contribution in [3.05, 3.63) is 29.8 Å². The quantitative estimate of drug-likeness (QED) is 0.711. The summed E-state index contributed by atoms with van der Waals surface area (Å²) >= 11 is 0. The minimum Gasteiger partial charge on any atom is -0.479 e. The van der Waals surface area contributed by atoms with E-state index in [9.17, 15) is 4.79 Å². The average molecular weight is 208 g/mol. The number of hydrogen-bond acceptors (Lipinski definition) is 3. The van der Waals surface area contributed by atoms with Crippen LogP contribution in [0.5, 0.6) is 5.75 Å². The molecule has 0 radical (unpaired) electrons. The summed E-state index contributed by atoms with van der Waals surface area (Å²) < 4.78 is 10.1. The standard InChI is InChI=1S/C12H16O3/c1-4-10-7-5-6-8-11(10)15-9(2)12(13)14-3/h5-9H,4H2,1-3H3/t9-/m0/s1. The number of rotatable bonds is 4. The van der Waals surface area contributed by atoms with Crippen LogP contribution in [0.3, 0.4) is 0 Å². The van der Waals surface area contributed by atoms with Gasteiger partial charge in [0.2, 0.25) is 0 Å². The van der Waals surface area contributed by atoms with Crippen LogP contribution in [0.15, 0.2) is 24.3 Å². The van der Waals surface area contributed by atoms with E-state index < -0.39 is 6.10 Å². The van der Waals surface area contributed by atoms with Gasteiger partial charge in [0.05, 0.1) is 7.11 Å². The van der Waals surface area contributed by atoms with Gasteiger partial charge in [-0.1, -0.05) is 25.1 Å². The highest BCUT2D eigenvalue weighted by Gasteiger charge is 2.15. The highest BCUT2D eigenvalue weighted by atomic mass is 16.6. The first-order valence-corrected chi connectivity index (χ1v) is 5.01. The SMILES string of the molecule is CCc1ccccc1O[C@@H](C)C(=O)OC. The molecular formula is C12H16O3. The highest BCUT2D eigenvalue weighted by molar-refractivity contribution is 5.74. The van der Waals surface area contributed by atoms with Crippen molar-refractivity contribution in [1.29, 1.82) is 0 Å². The van der Waals surface area contributed by atoms with Crippen LogP contribution < -0.4 is 4.74 Å². The van der Waals surface area contributed by atoms with Gasteiger partial charge in [-0.25, -0.2) is 4.79 Å². The van der Waals surface area contributed by atoms with Crippen molar-refractivity contribution in [3.8, 4) is 5.75 Å². The van der Waals surface area contributed by atoms with Gasteiger partial charge < -0.3 is 9.47 Å². The number of carbonyl (C=O) groups excluding carboxylic acids is 1. The molecule has 0 unspecified atom stereocenters. The minimum absolute atomic E-state index is 0.360. The number of hydrogen-bond donors (Lipinski definition) is 0. The van der Waals surface area contributed by atoms with E-state index in [2.05, 4.69) is 4.74 Å². The zero-order valence-electron chi connectivity index (χ0n) is 9.32. The number of aryl methyl sites for hydroxylation is 1. The van der Waals surface area contributed by atoms with Crippen molar-refractivity contribution in [2.45, 2.75) is 26.4 Å². The maximum Gasteiger partial charge on any atom is 0.346 e. The molecule has 0 saturated heterocycles. The summed E-state index contributed by atoms with van der Waals surface area (Å²) in [5.41, 5.74) is 1.09. The Bertz CT molecular complexity index is 333. The van der Waals surface area contributed by atoms with Crippen LogP contribution in [0.4, 0.5) is 0 Å². The van der Waals surface area contributed by atoms with Crippen LogP contribution in [0, 0.1) is 0 Å². The Balaban J connectivity index is 2.75. The maximum atomic E-state index is 11.2. The lowest BCUT2D eigenvalue weighted by molar-refractivity contribution is -0.147. The van der Waals surface area contributed by atoms with Gasteiger partial charge in [-0.3, -0.25) is 0 Å². The predicted octanol–water partition coefficient (Wildman–Crippen LogP) is 2.19. The van der Waals surface area contributed by atoms with E-state index in [0.717, 1.165) is 17.7 Å². The molecule has 1 aromatic carbocycles. The van der Waals surface area contributed by atoms with Gasteiger partial charge in [0.15, 0.2) is 6.10 Å². The first-order chi connectivity index (χ1) is 7.19. The third-order valence-corrected chi connectivity index (χ3v) is 2.19. The largest absolute Gasteiger partial charge is 0.479 e. The fourth-order valence-electron chi connectivity index (χ4n) is 1.32. The second kappa shape index (κ2) is 5.39. The van der Waals surface area contributed by atoms with Gasteiger partial charge in [-0.15, -0.1) is 0 Å². The molecular weight excluding hydrogens is 192 g/mol. The molecule has 3 nitrogen and oxygen atoms in total. The van der Waals surface area contributed by atoms with Crippen molar-refractivity contribution >= 4 is 5.97 Å². The number of ether oxygens (including phenoxy) is 2. The second-order valence-electron chi connectivity index (χ2n) is 3.24. The van der Waals surface area contributed by atoms with E-state index in [1.807, 2.05) is 31.2 Å². The minimum atomic E-state index is -0.567. The van der Waals surface area contributed by atoms with E-state index in [4.69, 9.17) is 4.74 Å². The Kier molecular flexibility index (Phi) is 4.16. The van der Waals surface area contributed by atoms with Gasteiger partial charge in [0.1, 0.15) is 5.75 Å².